The van der Waals surface area contributed by atoms with E-state index in [1.54, 1.807) is 19.2 Å². The van der Waals surface area contributed by atoms with E-state index in [0.29, 0.717) is 34.3 Å². The second-order valence-corrected chi connectivity index (χ2v) is 5.51. The Morgan fingerprint density at radius 3 is 2.81 bits per heavy atom. The van der Waals surface area contributed by atoms with Crippen LogP contribution in [0.3, 0.4) is 0 Å². The van der Waals surface area contributed by atoms with Crippen molar-refractivity contribution in [3.05, 3.63) is 57.6 Å². The molecule has 0 saturated carbocycles. The van der Waals surface area contributed by atoms with Crippen molar-refractivity contribution in [2.24, 2.45) is 0 Å². The highest BCUT2D eigenvalue weighted by molar-refractivity contribution is 6.31. The number of hydrogen-bond acceptors (Lipinski definition) is 3. The lowest BCUT2D eigenvalue weighted by Gasteiger charge is -2.11. The van der Waals surface area contributed by atoms with Crippen molar-refractivity contribution in [2.75, 3.05) is 13.7 Å². The first-order valence-electron chi connectivity index (χ1n) is 6.74. The van der Waals surface area contributed by atoms with Crippen molar-refractivity contribution in [3.63, 3.8) is 0 Å². The van der Waals surface area contributed by atoms with Crippen LogP contribution in [0.1, 0.15) is 27.0 Å². The summed E-state index contributed by atoms with van der Waals surface area (Å²) in [5, 5.41) is 0.550. The third kappa shape index (κ3) is 2.49. The lowest BCUT2D eigenvalue weighted by Crippen LogP contribution is -2.06. The van der Waals surface area contributed by atoms with E-state index in [-0.39, 0.29) is 5.78 Å². The molecule has 1 aliphatic heterocycles. The van der Waals surface area contributed by atoms with E-state index in [1.807, 2.05) is 25.1 Å². The number of methoxy groups -OCH3 is 1. The molecule has 2 aromatic carbocycles. The monoisotopic (exact) mass is 302 g/mol. The number of rotatable bonds is 3. The number of hydrogen-bond donors (Lipinski definition) is 0. The first kappa shape index (κ1) is 14.0. The van der Waals surface area contributed by atoms with E-state index in [0.717, 1.165) is 17.5 Å². The molecule has 2 aromatic rings. The molecule has 0 atom stereocenters. The van der Waals surface area contributed by atoms with Crippen molar-refractivity contribution < 1.29 is 14.3 Å². The number of carbonyl (C=O) groups excluding carboxylic acids is 1. The molecule has 0 saturated heterocycles. The second kappa shape index (κ2) is 5.41. The summed E-state index contributed by atoms with van der Waals surface area (Å²) < 4.78 is 10.9. The second-order valence-electron chi connectivity index (χ2n) is 5.07. The van der Waals surface area contributed by atoms with Crippen molar-refractivity contribution in [1.82, 2.24) is 0 Å². The van der Waals surface area contributed by atoms with E-state index in [9.17, 15) is 4.79 Å². The van der Waals surface area contributed by atoms with Crippen LogP contribution in [0.15, 0.2) is 30.3 Å². The maximum atomic E-state index is 12.9. The molecule has 0 bridgehead atoms. The maximum Gasteiger partial charge on any atom is 0.200 e. The van der Waals surface area contributed by atoms with Crippen LogP contribution in [0, 0.1) is 6.92 Å². The van der Waals surface area contributed by atoms with Crippen LogP contribution in [0.25, 0.3) is 0 Å². The smallest absolute Gasteiger partial charge is 0.200 e. The summed E-state index contributed by atoms with van der Waals surface area (Å²) in [6.07, 6.45) is 0.779. The van der Waals surface area contributed by atoms with Crippen molar-refractivity contribution in [3.8, 4) is 11.5 Å². The largest absolute Gasteiger partial charge is 0.496 e. The predicted octanol–water partition coefficient (Wildman–Crippen LogP) is 3.82. The summed E-state index contributed by atoms with van der Waals surface area (Å²) in [7, 11) is 1.56. The summed E-state index contributed by atoms with van der Waals surface area (Å²) in [4.78, 5) is 12.9. The average Bonchev–Trinajstić information content (AvgIpc) is 2.93. The van der Waals surface area contributed by atoms with Crippen LogP contribution in [0.4, 0.5) is 0 Å². The molecule has 3 nitrogen and oxygen atoms in total. The Hall–Kier alpha value is -2.00. The van der Waals surface area contributed by atoms with Gasteiger partial charge >= 0.3 is 0 Å². The molecular weight excluding hydrogens is 288 g/mol. The molecule has 108 valence electrons. The maximum absolute atomic E-state index is 12.9. The molecule has 0 fully saturated rings. The standard InChI is InChI=1S/C17H15ClO3/c1-10-3-4-15(20-2)13(7-10)16(19)14-9-12(18)8-11-5-6-21-17(11)14/h3-4,7-9H,5-6H2,1-2H3. The third-order valence-electron chi connectivity index (χ3n) is 3.59. The molecule has 0 aliphatic carbocycles. The Bertz CT molecular complexity index is 722. The summed E-state index contributed by atoms with van der Waals surface area (Å²) >= 11 is 6.13. The number of benzene rings is 2. The number of aryl methyl sites for hydroxylation is 1. The van der Waals surface area contributed by atoms with Gasteiger partial charge in [0.05, 0.1) is 24.8 Å². The van der Waals surface area contributed by atoms with Gasteiger partial charge in [0, 0.05) is 11.4 Å². The van der Waals surface area contributed by atoms with Crippen LogP contribution in [-0.2, 0) is 6.42 Å². The summed E-state index contributed by atoms with van der Waals surface area (Å²) in [6, 6.07) is 9.05. The van der Waals surface area contributed by atoms with Gasteiger partial charge < -0.3 is 9.47 Å². The van der Waals surface area contributed by atoms with Gasteiger partial charge in [0.2, 0.25) is 5.78 Å². The molecule has 21 heavy (non-hydrogen) atoms. The molecule has 3 rings (SSSR count). The number of halogens is 1. The van der Waals surface area contributed by atoms with Gasteiger partial charge in [-0.2, -0.15) is 0 Å². The molecule has 0 radical (unpaired) electrons. The van der Waals surface area contributed by atoms with Crippen LogP contribution in [0.5, 0.6) is 11.5 Å². The minimum Gasteiger partial charge on any atom is -0.496 e. The van der Waals surface area contributed by atoms with Gasteiger partial charge in [-0.25, -0.2) is 0 Å². The number of fused-ring (bicyclic) bond motifs is 1. The minimum absolute atomic E-state index is 0.129. The van der Waals surface area contributed by atoms with E-state index >= 15 is 0 Å². The van der Waals surface area contributed by atoms with Crippen molar-refractivity contribution >= 4 is 17.4 Å². The molecule has 1 aliphatic rings. The Balaban J connectivity index is 2.14. The first-order valence-corrected chi connectivity index (χ1v) is 7.12. The van der Waals surface area contributed by atoms with Gasteiger partial charge in [0.25, 0.3) is 0 Å². The number of ketones is 1. The highest BCUT2D eigenvalue weighted by atomic mass is 35.5. The van der Waals surface area contributed by atoms with Gasteiger partial charge in [0.1, 0.15) is 11.5 Å². The topological polar surface area (TPSA) is 35.5 Å². The van der Waals surface area contributed by atoms with Gasteiger partial charge in [-0.3, -0.25) is 4.79 Å². The zero-order chi connectivity index (χ0) is 15.0. The van der Waals surface area contributed by atoms with E-state index in [2.05, 4.69) is 0 Å². The Kier molecular flexibility index (Phi) is 3.60. The number of ether oxygens (including phenoxy) is 2. The van der Waals surface area contributed by atoms with Crippen molar-refractivity contribution in [2.45, 2.75) is 13.3 Å². The molecule has 0 spiro atoms. The van der Waals surface area contributed by atoms with Crippen LogP contribution in [-0.4, -0.2) is 19.5 Å². The molecule has 0 amide bonds. The first-order chi connectivity index (χ1) is 10.1. The predicted molar refractivity (Wildman–Crippen MR) is 81.8 cm³/mol. The van der Waals surface area contributed by atoms with Crippen molar-refractivity contribution in [1.29, 1.82) is 0 Å². The fourth-order valence-corrected chi connectivity index (χ4v) is 2.82. The van der Waals surface area contributed by atoms with E-state index < -0.39 is 0 Å². The van der Waals surface area contributed by atoms with E-state index in [4.69, 9.17) is 21.1 Å². The van der Waals surface area contributed by atoms with Gasteiger partial charge in [-0.1, -0.05) is 23.2 Å². The third-order valence-corrected chi connectivity index (χ3v) is 3.81. The fraction of sp³-hybridized carbons (Fsp3) is 0.235. The molecule has 4 heteroatoms. The number of carbonyl (C=O) groups is 1. The minimum atomic E-state index is -0.129. The normalized spacial score (nSPS) is 12.7. The van der Waals surface area contributed by atoms with E-state index in [1.165, 1.54) is 0 Å². The van der Waals surface area contributed by atoms with Crippen LogP contribution >= 0.6 is 11.6 Å². The SMILES string of the molecule is COc1ccc(C)cc1C(=O)c1cc(Cl)cc2c1OCC2. The molecule has 0 unspecified atom stereocenters. The zero-order valence-electron chi connectivity index (χ0n) is 11.9. The Morgan fingerprint density at radius 2 is 2.05 bits per heavy atom. The van der Waals surface area contributed by atoms with Gasteiger partial charge in [0.15, 0.2) is 0 Å². The van der Waals surface area contributed by atoms with Crippen LogP contribution in [0.2, 0.25) is 5.02 Å². The van der Waals surface area contributed by atoms with Gasteiger partial charge in [-0.05, 0) is 36.8 Å². The Morgan fingerprint density at radius 1 is 1.24 bits per heavy atom. The van der Waals surface area contributed by atoms with Gasteiger partial charge in [-0.15, -0.1) is 0 Å². The summed E-state index contributed by atoms with van der Waals surface area (Å²) in [6.45, 7) is 2.52. The summed E-state index contributed by atoms with van der Waals surface area (Å²) in [5.74, 6) is 1.07. The molecular formula is C17H15ClO3. The average molecular weight is 303 g/mol. The summed E-state index contributed by atoms with van der Waals surface area (Å²) in [5.41, 5.74) is 3.01. The highest BCUT2D eigenvalue weighted by Crippen LogP contribution is 2.35. The molecule has 1 heterocycles. The quantitative estimate of drug-likeness (QED) is 0.809. The molecule has 0 aromatic heterocycles. The molecule has 0 N–H and O–H groups in total. The lowest BCUT2D eigenvalue weighted by atomic mass is 9.98. The fourth-order valence-electron chi connectivity index (χ4n) is 2.58. The Labute approximate surface area is 128 Å². The lowest BCUT2D eigenvalue weighted by molar-refractivity contribution is 0.103. The highest BCUT2D eigenvalue weighted by Gasteiger charge is 2.24. The zero-order valence-corrected chi connectivity index (χ0v) is 12.7. The van der Waals surface area contributed by atoms with Crippen LogP contribution < -0.4 is 9.47 Å².